The van der Waals surface area contributed by atoms with E-state index in [9.17, 15) is 4.79 Å². The van der Waals surface area contributed by atoms with Crippen molar-refractivity contribution in [3.63, 3.8) is 0 Å². The van der Waals surface area contributed by atoms with Gasteiger partial charge in [-0.3, -0.25) is 9.78 Å². The molecule has 0 spiro atoms. The molecule has 0 aliphatic heterocycles. The van der Waals surface area contributed by atoms with Gasteiger partial charge in [0.25, 0.3) is 5.91 Å². The van der Waals surface area contributed by atoms with Gasteiger partial charge in [-0.15, -0.1) is 5.11 Å². The SMILES string of the molecule is Cc1ccccc1N=Nc1c(C)nn(C(=O)COc2cccc3cccnc23)c1C. The van der Waals surface area contributed by atoms with Crippen LogP contribution in [0.25, 0.3) is 10.9 Å². The van der Waals surface area contributed by atoms with Crippen molar-refractivity contribution in [3.8, 4) is 5.75 Å². The fourth-order valence-electron chi connectivity index (χ4n) is 3.19. The highest BCUT2D eigenvalue weighted by atomic mass is 16.5. The van der Waals surface area contributed by atoms with Crippen LogP contribution >= 0.6 is 0 Å². The summed E-state index contributed by atoms with van der Waals surface area (Å²) in [5, 5.41) is 13.9. The number of hydrogen-bond donors (Lipinski definition) is 0. The Labute approximate surface area is 174 Å². The molecule has 2 aromatic heterocycles. The van der Waals surface area contributed by atoms with Crippen LogP contribution in [0, 0.1) is 20.8 Å². The quantitative estimate of drug-likeness (QED) is 0.415. The summed E-state index contributed by atoms with van der Waals surface area (Å²) in [6, 6.07) is 17.2. The second kappa shape index (κ2) is 8.24. The lowest BCUT2D eigenvalue weighted by atomic mass is 10.2. The number of carbonyl (C=O) groups is 1. The maximum Gasteiger partial charge on any atom is 0.285 e. The number of benzene rings is 2. The molecule has 2 aromatic carbocycles. The summed E-state index contributed by atoms with van der Waals surface area (Å²) in [5.41, 5.74) is 4.35. The number of fused-ring (bicyclic) bond motifs is 1. The molecule has 0 atom stereocenters. The third kappa shape index (κ3) is 3.82. The highest BCUT2D eigenvalue weighted by Gasteiger charge is 2.17. The molecule has 4 aromatic rings. The highest BCUT2D eigenvalue weighted by Crippen LogP contribution is 2.27. The van der Waals surface area contributed by atoms with Crippen molar-refractivity contribution in [1.82, 2.24) is 14.8 Å². The van der Waals surface area contributed by atoms with Crippen LogP contribution in [0.3, 0.4) is 0 Å². The average molecular weight is 399 g/mol. The summed E-state index contributed by atoms with van der Waals surface area (Å²) in [6.45, 7) is 5.41. The summed E-state index contributed by atoms with van der Waals surface area (Å²) in [5.74, 6) is 0.267. The number of azo groups is 1. The van der Waals surface area contributed by atoms with Crippen molar-refractivity contribution in [3.05, 3.63) is 77.7 Å². The molecule has 0 unspecified atom stereocenters. The molecular weight excluding hydrogens is 378 g/mol. The van der Waals surface area contributed by atoms with Gasteiger partial charge in [0.2, 0.25) is 0 Å². The zero-order chi connectivity index (χ0) is 21.1. The molecule has 150 valence electrons. The molecule has 7 nitrogen and oxygen atoms in total. The van der Waals surface area contributed by atoms with Gasteiger partial charge in [-0.1, -0.05) is 36.4 Å². The Balaban J connectivity index is 1.54. The molecule has 0 aliphatic carbocycles. The lowest BCUT2D eigenvalue weighted by molar-refractivity contribution is 0.0819. The van der Waals surface area contributed by atoms with E-state index in [4.69, 9.17) is 4.74 Å². The van der Waals surface area contributed by atoms with Crippen LogP contribution in [-0.4, -0.2) is 27.3 Å². The Morgan fingerprint density at radius 3 is 2.63 bits per heavy atom. The summed E-state index contributed by atoms with van der Waals surface area (Å²) >= 11 is 0. The second-order valence-corrected chi connectivity index (χ2v) is 6.93. The number of carbonyl (C=O) groups excluding carboxylic acids is 1. The number of hydrogen-bond acceptors (Lipinski definition) is 6. The van der Waals surface area contributed by atoms with Gasteiger partial charge >= 0.3 is 0 Å². The van der Waals surface area contributed by atoms with Crippen molar-refractivity contribution < 1.29 is 9.53 Å². The van der Waals surface area contributed by atoms with E-state index in [1.165, 1.54) is 4.68 Å². The topological polar surface area (TPSA) is 81.7 Å². The largest absolute Gasteiger partial charge is 0.481 e. The molecule has 0 fully saturated rings. The second-order valence-electron chi connectivity index (χ2n) is 6.93. The van der Waals surface area contributed by atoms with Crippen LogP contribution in [0.4, 0.5) is 11.4 Å². The van der Waals surface area contributed by atoms with Crippen LogP contribution in [0.15, 0.2) is 71.0 Å². The number of rotatable bonds is 5. The van der Waals surface area contributed by atoms with Crippen molar-refractivity contribution >= 4 is 28.2 Å². The Bertz CT molecular complexity index is 1250. The predicted molar refractivity (Wildman–Crippen MR) is 115 cm³/mol. The van der Waals surface area contributed by atoms with Crippen LogP contribution in [-0.2, 0) is 0 Å². The van der Waals surface area contributed by atoms with Gasteiger partial charge in [0.1, 0.15) is 17.0 Å². The van der Waals surface area contributed by atoms with Crippen molar-refractivity contribution in [1.29, 1.82) is 0 Å². The molecule has 0 saturated heterocycles. The van der Waals surface area contributed by atoms with E-state index in [0.717, 1.165) is 16.6 Å². The standard InChI is InChI=1S/C23H21N5O2/c1-15-8-4-5-11-19(15)25-26-22-16(2)27-28(17(22)3)21(29)14-30-20-12-6-9-18-10-7-13-24-23(18)20/h4-13H,14H2,1-3H3. The number of para-hydroxylation sites is 1. The van der Waals surface area contributed by atoms with Gasteiger partial charge in [-0.05, 0) is 44.5 Å². The van der Waals surface area contributed by atoms with Crippen molar-refractivity contribution in [2.75, 3.05) is 6.61 Å². The van der Waals surface area contributed by atoms with E-state index >= 15 is 0 Å². The van der Waals surface area contributed by atoms with E-state index < -0.39 is 0 Å². The van der Waals surface area contributed by atoms with E-state index in [1.54, 1.807) is 26.1 Å². The maximum absolute atomic E-state index is 12.8. The van der Waals surface area contributed by atoms with E-state index in [2.05, 4.69) is 20.3 Å². The summed E-state index contributed by atoms with van der Waals surface area (Å²) < 4.78 is 7.08. The molecular formula is C23H21N5O2. The highest BCUT2D eigenvalue weighted by molar-refractivity contribution is 5.85. The van der Waals surface area contributed by atoms with Crippen LogP contribution < -0.4 is 4.74 Å². The average Bonchev–Trinajstić information content (AvgIpc) is 3.05. The molecule has 0 saturated carbocycles. The van der Waals surface area contributed by atoms with Gasteiger partial charge in [-0.25, -0.2) is 0 Å². The number of nitrogens with zero attached hydrogens (tertiary/aromatic N) is 5. The first-order valence-corrected chi connectivity index (χ1v) is 9.58. The Morgan fingerprint density at radius 2 is 1.80 bits per heavy atom. The first-order valence-electron chi connectivity index (χ1n) is 9.58. The molecule has 0 amide bonds. The normalized spacial score (nSPS) is 11.3. The number of pyridine rings is 1. The zero-order valence-electron chi connectivity index (χ0n) is 17.0. The molecule has 30 heavy (non-hydrogen) atoms. The predicted octanol–water partition coefficient (Wildman–Crippen LogP) is 5.49. The minimum atomic E-state index is -0.291. The number of aryl methyl sites for hydroxylation is 2. The number of aromatic nitrogens is 3. The van der Waals surface area contributed by atoms with Crippen LogP contribution in [0.2, 0.25) is 0 Å². The van der Waals surface area contributed by atoms with Gasteiger partial charge in [-0.2, -0.15) is 14.9 Å². The number of ether oxygens (including phenoxy) is 1. The first-order chi connectivity index (χ1) is 14.5. The molecule has 4 rings (SSSR count). The summed E-state index contributed by atoms with van der Waals surface area (Å²) in [4.78, 5) is 17.1. The molecule has 0 aliphatic rings. The molecule has 2 heterocycles. The molecule has 0 radical (unpaired) electrons. The fourth-order valence-corrected chi connectivity index (χ4v) is 3.19. The van der Waals surface area contributed by atoms with Gasteiger partial charge < -0.3 is 4.74 Å². The van der Waals surface area contributed by atoms with Crippen LogP contribution in [0.1, 0.15) is 21.7 Å². The molecule has 7 heteroatoms. The lowest BCUT2D eigenvalue weighted by Crippen LogP contribution is -2.21. The fraction of sp³-hybridized carbons (Fsp3) is 0.174. The minimum Gasteiger partial charge on any atom is -0.481 e. The summed E-state index contributed by atoms with van der Waals surface area (Å²) in [7, 11) is 0. The van der Waals surface area contributed by atoms with Gasteiger partial charge in [0, 0.05) is 11.6 Å². The van der Waals surface area contributed by atoms with Gasteiger partial charge in [0.05, 0.1) is 17.1 Å². The van der Waals surface area contributed by atoms with E-state index in [1.807, 2.05) is 55.5 Å². The molecule has 0 bridgehead atoms. The minimum absolute atomic E-state index is 0.161. The van der Waals surface area contributed by atoms with Gasteiger partial charge in [0.15, 0.2) is 6.61 Å². The van der Waals surface area contributed by atoms with Crippen molar-refractivity contribution in [2.45, 2.75) is 20.8 Å². The Hall–Kier alpha value is -3.87. The van der Waals surface area contributed by atoms with Crippen LogP contribution in [0.5, 0.6) is 5.75 Å². The maximum atomic E-state index is 12.8. The smallest absolute Gasteiger partial charge is 0.285 e. The zero-order valence-corrected chi connectivity index (χ0v) is 17.0. The Morgan fingerprint density at radius 1 is 1.00 bits per heavy atom. The summed E-state index contributed by atoms with van der Waals surface area (Å²) in [6.07, 6.45) is 1.70. The monoisotopic (exact) mass is 399 g/mol. The third-order valence-electron chi connectivity index (χ3n) is 4.81. The molecule has 0 N–H and O–H groups in total. The van der Waals surface area contributed by atoms with E-state index in [-0.39, 0.29) is 12.5 Å². The third-order valence-corrected chi connectivity index (χ3v) is 4.81. The van der Waals surface area contributed by atoms with Crippen molar-refractivity contribution in [2.24, 2.45) is 10.2 Å². The lowest BCUT2D eigenvalue weighted by Gasteiger charge is -2.08. The van der Waals surface area contributed by atoms with E-state index in [0.29, 0.717) is 28.3 Å². The first kappa shape index (κ1) is 19.4. The Kier molecular flexibility index (Phi) is 5.34.